The number of rotatable bonds is 6. The highest BCUT2D eigenvalue weighted by atomic mass is 32.2. The van der Waals surface area contributed by atoms with Crippen molar-refractivity contribution in [3.63, 3.8) is 0 Å². The molecule has 1 saturated heterocycles. The summed E-state index contributed by atoms with van der Waals surface area (Å²) < 4.78 is 30.7. The second-order valence-corrected chi connectivity index (χ2v) is 5.80. The molecule has 0 aliphatic carbocycles. The van der Waals surface area contributed by atoms with Gasteiger partial charge in [-0.15, -0.1) is 0 Å². The molecular weight excluding hydrogens is 218 g/mol. The number of aliphatic hydroxyl groups excluding tert-OH is 1. The zero-order chi connectivity index (χ0) is 11.3. The van der Waals surface area contributed by atoms with Gasteiger partial charge in [0.1, 0.15) is 0 Å². The van der Waals surface area contributed by atoms with Gasteiger partial charge < -0.3 is 9.84 Å². The van der Waals surface area contributed by atoms with Gasteiger partial charge in [0.25, 0.3) is 0 Å². The Morgan fingerprint density at radius 2 is 2.33 bits per heavy atom. The molecule has 0 spiro atoms. The van der Waals surface area contributed by atoms with Crippen molar-refractivity contribution in [1.29, 1.82) is 0 Å². The zero-order valence-electron chi connectivity index (χ0n) is 8.98. The molecule has 1 heterocycles. The van der Waals surface area contributed by atoms with Gasteiger partial charge in [0.05, 0.1) is 18.0 Å². The predicted octanol–water partition coefficient (Wildman–Crippen LogP) is -0.144. The number of ether oxygens (including phenoxy) is 1. The predicted molar refractivity (Wildman–Crippen MR) is 57.1 cm³/mol. The van der Waals surface area contributed by atoms with Gasteiger partial charge in [0.2, 0.25) is 10.0 Å². The zero-order valence-corrected chi connectivity index (χ0v) is 9.79. The Balaban J connectivity index is 2.25. The molecule has 1 rings (SSSR count). The standard InChI is InChI=1S/C9H19NO4S/c1-8(11)4-5-10-15(12,13)7-9-3-2-6-14-9/h8-11H,2-7H2,1H3. The Labute approximate surface area is 90.9 Å². The van der Waals surface area contributed by atoms with Crippen molar-refractivity contribution in [1.82, 2.24) is 4.72 Å². The van der Waals surface area contributed by atoms with Gasteiger partial charge in [-0.1, -0.05) is 0 Å². The van der Waals surface area contributed by atoms with E-state index in [1.54, 1.807) is 6.92 Å². The first-order valence-electron chi connectivity index (χ1n) is 5.26. The SMILES string of the molecule is CC(O)CCNS(=O)(=O)CC1CCCO1. The number of hydrogen-bond donors (Lipinski definition) is 2. The van der Waals surface area contributed by atoms with Crippen LogP contribution < -0.4 is 4.72 Å². The number of sulfonamides is 1. The lowest BCUT2D eigenvalue weighted by Gasteiger charge is -2.11. The van der Waals surface area contributed by atoms with E-state index in [2.05, 4.69) is 4.72 Å². The molecule has 1 aliphatic rings. The fourth-order valence-electron chi connectivity index (χ4n) is 1.50. The van der Waals surface area contributed by atoms with E-state index in [1.807, 2.05) is 0 Å². The summed E-state index contributed by atoms with van der Waals surface area (Å²) >= 11 is 0. The molecule has 0 amide bonds. The van der Waals surface area contributed by atoms with Gasteiger partial charge >= 0.3 is 0 Å². The molecule has 0 aromatic carbocycles. The van der Waals surface area contributed by atoms with Crippen LogP contribution in [0.1, 0.15) is 26.2 Å². The van der Waals surface area contributed by atoms with Crippen molar-refractivity contribution in [2.24, 2.45) is 0 Å². The summed E-state index contributed by atoms with van der Waals surface area (Å²) in [4.78, 5) is 0. The van der Waals surface area contributed by atoms with Crippen LogP contribution in [0.2, 0.25) is 0 Å². The van der Waals surface area contributed by atoms with E-state index in [9.17, 15) is 8.42 Å². The van der Waals surface area contributed by atoms with E-state index in [-0.39, 0.29) is 18.4 Å². The minimum atomic E-state index is -3.25. The smallest absolute Gasteiger partial charge is 0.214 e. The largest absolute Gasteiger partial charge is 0.393 e. The van der Waals surface area contributed by atoms with Crippen LogP contribution in [0.25, 0.3) is 0 Å². The minimum Gasteiger partial charge on any atom is -0.393 e. The van der Waals surface area contributed by atoms with Crippen LogP contribution in [0.3, 0.4) is 0 Å². The molecule has 2 N–H and O–H groups in total. The molecule has 15 heavy (non-hydrogen) atoms. The summed E-state index contributed by atoms with van der Waals surface area (Å²) in [7, 11) is -3.25. The maximum absolute atomic E-state index is 11.5. The van der Waals surface area contributed by atoms with Crippen molar-refractivity contribution in [3.8, 4) is 0 Å². The second kappa shape index (κ2) is 5.79. The Bertz CT molecular complexity index is 270. The summed E-state index contributed by atoms with van der Waals surface area (Å²) in [5.41, 5.74) is 0. The van der Waals surface area contributed by atoms with Crippen molar-refractivity contribution in [3.05, 3.63) is 0 Å². The Morgan fingerprint density at radius 1 is 1.60 bits per heavy atom. The van der Waals surface area contributed by atoms with E-state index in [0.717, 1.165) is 12.8 Å². The van der Waals surface area contributed by atoms with E-state index in [1.165, 1.54) is 0 Å². The highest BCUT2D eigenvalue weighted by Gasteiger charge is 2.22. The third-order valence-electron chi connectivity index (χ3n) is 2.31. The molecule has 0 aromatic rings. The Hall–Kier alpha value is -0.170. The molecule has 1 fully saturated rings. The van der Waals surface area contributed by atoms with Crippen LogP contribution in [0.5, 0.6) is 0 Å². The maximum Gasteiger partial charge on any atom is 0.214 e. The monoisotopic (exact) mass is 237 g/mol. The molecule has 1 aliphatic heterocycles. The lowest BCUT2D eigenvalue weighted by atomic mass is 10.3. The van der Waals surface area contributed by atoms with E-state index in [0.29, 0.717) is 13.0 Å². The molecule has 0 bridgehead atoms. The lowest BCUT2D eigenvalue weighted by molar-refractivity contribution is 0.127. The van der Waals surface area contributed by atoms with Crippen LogP contribution in [-0.4, -0.2) is 44.6 Å². The lowest BCUT2D eigenvalue weighted by Crippen LogP contribution is -2.33. The van der Waals surface area contributed by atoms with Gasteiger partial charge in [-0.05, 0) is 26.2 Å². The second-order valence-electron chi connectivity index (χ2n) is 3.95. The van der Waals surface area contributed by atoms with Crippen LogP contribution >= 0.6 is 0 Å². The van der Waals surface area contributed by atoms with E-state index < -0.39 is 16.1 Å². The first kappa shape index (κ1) is 12.9. The van der Waals surface area contributed by atoms with Crippen molar-refractivity contribution >= 4 is 10.0 Å². The summed E-state index contributed by atoms with van der Waals surface area (Å²) in [6.45, 7) is 2.58. The van der Waals surface area contributed by atoms with Gasteiger partial charge in [0.15, 0.2) is 0 Å². The molecular formula is C9H19NO4S. The minimum absolute atomic E-state index is 0.0345. The fraction of sp³-hybridized carbons (Fsp3) is 1.00. The molecule has 0 aromatic heterocycles. The van der Waals surface area contributed by atoms with E-state index in [4.69, 9.17) is 9.84 Å². The number of aliphatic hydroxyl groups is 1. The fourth-order valence-corrected chi connectivity index (χ4v) is 2.80. The summed E-state index contributed by atoms with van der Waals surface area (Å²) in [6.07, 6.45) is 1.56. The topological polar surface area (TPSA) is 75.6 Å². The van der Waals surface area contributed by atoms with Crippen LogP contribution in [0, 0.1) is 0 Å². The molecule has 5 nitrogen and oxygen atoms in total. The normalized spacial score (nSPS) is 24.3. The quantitative estimate of drug-likeness (QED) is 0.674. The Morgan fingerprint density at radius 3 is 2.87 bits per heavy atom. The highest BCUT2D eigenvalue weighted by molar-refractivity contribution is 7.89. The van der Waals surface area contributed by atoms with Crippen molar-refractivity contribution < 1.29 is 18.3 Å². The van der Waals surface area contributed by atoms with Gasteiger partial charge in [-0.25, -0.2) is 13.1 Å². The summed E-state index contributed by atoms with van der Waals surface area (Å²) in [5, 5.41) is 8.97. The molecule has 0 saturated carbocycles. The average molecular weight is 237 g/mol. The van der Waals surface area contributed by atoms with Crippen molar-refractivity contribution in [2.75, 3.05) is 18.9 Å². The highest BCUT2D eigenvalue weighted by Crippen LogP contribution is 2.13. The van der Waals surface area contributed by atoms with Gasteiger partial charge in [-0.3, -0.25) is 0 Å². The molecule has 0 radical (unpaired) electrons. The van der Waals surface area contributed by atoms with Crippen molar-refractivity contribution in [2.45, 2.75) is 38.4 Å². The maximum atomic E-state index is 11.5. The van der Waals surface area contributed by atoms with Crippen LogP contribution in [0.15, 0.2) is 0 Å². The molecule has 2 atom stereocenters. The van der Waals surface area contributed by atoms with Crippen LogP contribution in [0.4, 0.5) is 0 Å². The summed E-state index contributed by atoms with van der Waals surface area (Å²) in [6, 6.07) is 0. The average Bonchev–Trinajstić information content (AvgIpc) is 2.54. The first-order chi connectivity index (χ1) is 6.99. The van der Waals surface area contributed by atoms with E-state index >= 15 is 0 Å². The van der Waals surface area contributed by atoms with Gasteiger partial charge in [-0.2, -0.15) is 0 Å². The number of nitrogens with one attached hydrogen (secondary N) is 1. The first-order valence-corrected chi connectivity index (χ1v) is 6.92. The third-order valence-corrected chi connectivity index (χ3v) is 3.77. The van der Waals surface area contributed by atoms with Crippen LogP contribution in [-0.2, 0) is 14.8 Å². The molecule has 90 valence electrons. The number of hydrogen-bond acceptors (Lipinski definition) is 4. The molecule has 2 unspecified atom stereocenters. The summed E-state index contributed by atoms with van der Waals surface area (Å²) in [5.74, 6) is 0.0345. The molecule has 6 heteroatoms. The Kier molecular flexibility index (Phi) is 4.98. The third kappa shape index (κ3) is 5.46. The van der Waals surface area contributed by atoms with Gasteiger partial charge in [0, 0.05) is 13.2 Å².